The highest BCUT2D eigenvalue weighted by Crippen LogP contribution is 2.11. The first kappa shape index (κ1) is 10.2. The fourth-order valence-electron chi connectivity index (χ4n) is 0.901. The number of carbonyl (C=O) groups excluding carboxylic acids is 2. The van der Waals surface area contributed by atoms with Crippen molar-refractivity contribution in [3.63, 3.8) is 0 Å². The van der Waals surface area contributed by atoms with Gasteiger partial charge in [0.15, 0.2) is 0 Å². The molecular weight excluding hydrogens is 180 g/mol. The third kappa shape index (κ3) is 2.86. The summed E-state index contributed by atoms with van der Waals surface area (Å²) >= 11 is 0. The molecule has 3 heteroatoms. The van der Waals surface area contributed by atoms with E-state index in [2.05, 4.69) is 0 Å². The van der Waals surface area contributed by atoms with Gasteiger partial charge in [0.05, 0.1) is 0 Å². The molecule has 0 heterocycles. The second-order valence-electron chi connectivity index (χ2n) is 2.61. The summed E-state index contributed by atoms with van der Waals surface area (Å²) in [5.74, 6) is 0.00468. The van der Waals surface area contributed by atoms with Gasteiger partial charge in [-0.1, -0.05) is 6.08 Å². The Morgan fingerprint density at radius 3 is 2.43 bits per heavy atom. The second kappa shape index (κ2) is 4.97. The summed E-state index contributed by atoms with van der Waals surface area (Å²) in [6.07, 6.45) is 3.66. The summed E-state index contributed by atoms with van der Waals surface area (Å²) in [4.78, 5) is 21.3. The van der Waals surface area contributed by atoms with Crippen LogP contribution >= 0.6 is 0 Å². The van der Waals surface area contributed by atoms with E-state index >= 15 is 0 Å². The van der Waals surface area contributed by atoms with Gasteiger partial charge < -0.3 is 4.74 Å². The van der Waals surface area contributed by atoms with Gasteiger partial charge in [-0.15, -0.1) is 0 Å². The molecule has 1 rings (SSSR count). The van der Waals surface area contributed by atoms with Crippen LogP contribution in [-0.2, 0) is 4.79 Å². The van der Waals surface area contributed by atoms with E-state index in [1.54, 1.807) is 37.3 Å². The maximum atomic E-state index is 11.0. The van der Waals surface area contributed by atoms with E-state index in [-0.39, 0.29) is 0 Å². The highest BCUT2D eigenvalue weighted by atomic mass is 16.5. The van der Waals surface area contributed by atoms with Crippen LogP contribution in [0.3, 0.4) is 0 Å². The second-order valence-corrected chi connectivity index (χ2v) is 2.61. The quantitative estimate of drug-likeness (QED) is 0.317. The lowest BCUT2D eigenvalue weighted by Gasteiger charge is -2.00. The molecule has 0 bridgehead atoms. The van der Waals surface area contributed by atoms with Crippen LogP contribution in [-0.4, -0.2) is 12.3 Å². The Morgan fingerprint density at radius 1 is 1.29 bits per heavy atom. The minimum Gasteiger partial charge on any atom is -0.423 e. The number of esters is 1. The highest BCUT2D eigenvalue weighted by molar-refractivity contribution is 5.84. The fraction of sp³-hybridized carbons (Fsp3) is 0.0909. The Kier molecular flexibility index (Phi) is 3.61. The van der Waals surface area contributed by atoms with Crippen molar-refractivity contribution in [2.75, 3.05) is 0 Å². The van der Waals surface area contributed by atoms with Crippen molar-refractivity contribution in [3.05, 3.63) is 42.0 Å². The summed E-state index contributed by atoms with van der Waals surface area (Å²) < 4.78 is 4.91. The van der Waals surface area contributed by atoms with E-state index in [0.717, 1.165) is 6.29 Å². The lowest BCUT2D eigenvalue weighted by molar-refractivity contribution is -0.129. The average molecular weight is 190 g/mol. The molecule has 0 saturated heterocycles. The number of aldehydes is 1. The standard InChI is InChI=1S/C11H10O3/c1-2-3-11(13)14-10-6-4-9(8-12)5-7-10/h2-8H,1H3. The molecule has 3 nitrogen and oxygen atoms in total. The number of rotatable bonds is 3. The first-order valence-corrected chi connectivity index (χ1v) is 4.16. The Labute approximate surface area is 82.0 Å². The number of hydrogen-bond donors (Lipinski definition) is 0. The van der Waals surface area contributed by atoms with Gasteiger partial charge >= 0.3 is 5.97 Å². The third-order valence-corrected chi connectivity index (χ3v) is 1.54. The Bertz CT molecular complexity index is 349. The number of carbonyl (C=O) groups is 2. The molecule has 0 atom stereocenters. The monoisotopic (exact) mass is 190 g/mol. The topological polar surface area (TPSA) is 43.4 Å². The number of ether oxygens (including phenoxy) is 1. The summed E-state index contributed by atoms with van der Waals surface area (Å²) in [6, 6.07) is 6.33. The molecule has 0 N–H and O–H groups in total. The van der Waals surface area contributed by atoms with Crippen LogP contribution in [0.15, 0.2) is 36.4 Å². The lowest BCUT2D eigenvalue weighted by atomic mass is 10.2. The maximum absolute atomic E-state index is 11.0. The zero-order valence-electron chi connectivity index (χ0n) is 7.77. The van der Waals surface area contributed by atoms with Crippen molar-refractivity contribution in [3.8, 4) is 5.75 Å². The highest BCUT2D eigenvalue weighted by Gasteiger charge is 1.99. The smallest absolute Gasteiger partial charge is 0.335 e. The molecule has 1 aromatic rings. The molecule has 0 radical (unpaired) electrons. The van der Waals surface area contributed by atoms with Crippen molar-refractivity contribution in [1.29, 1.82) is 0 Å². The molecule has 72 valence electrons. The lowest BCUT2D eigenvalue weighted by Crippen LogP contribution is -2.03. The number of hydrogen-bond acceptors (Lipinski definition) is 3. The van der Waals surface area contributed by atoms with Crippen LogP contribution in [0.2, 0.25) is 0 Å². The molecule has 0 amide bonds. The molecule has 0 aliphatic rings. The van der Waals surface area contributed by atoms with E-state index in [4.69, 9.17) is 4.74 Å². The molecule has 0 spiro atoms. The number of benzene rings is 1. The van der Waals surface area contributed by atoms with E-state index in [1.807, 2.05) is 0 Å². The van der Waals surface area contributed by atoms with E-state index in [9.17, 15) is 9.59 Å². The van der Waals surface area contributed by atoms with Gasteiger partial charge in [-0.2, -0.15) is 0 Å². The molecule has 0 aliphatic heterocycles. The molecule has 0 fully saturated rings. The Balaban J connectivity index is 2.68. The van der Waals surface area contributed by atoms with Crippen LogP contribution in [0, 0.1) is 0 Å². The summed E-state index contributed by atoms with van der Waals surface area (Å²) in [5.41, 5.74) is 0.552. The van der Waals surface area contributed by atoms with Gasteiger partial charge in [0, 0.05) is 11.6 Å². The summed E-state index contributed by atoms with van der Waals surface area (Å²) in [7, 11) is 0. The molecule has 0 aromatic heterocycles. The number of allylic oxidation sites excluding steroid dienone is 1. The summed E-state index contributed by atoms with van der Waals surface area (Å²) in [5, 5.41) is 0. The van der Waals surface area contributed by atoms with Crippen molar-refractivity contribution in [2.24, 2.45) is 0 Å². The van der Waals surface area contributed by atoms with Gasteiger partial charge in [-0.3, -0.25) is 4.79 Å². The van der Waals surface area contributed by atoms with E-state index < -0.39 is 5.97 Å². The third-order valence-electron chi connectivity index (χ3n) is 1.54. The van der Waals surface area contributed by atoms with Gasteiger partial charge in [0.25, 0.3) is 0 Å². The molecule has 14 heavy (non-hydrogen) atoms. The van der Waals surface area contributed by atoms with Gasteiger partial charge in [0.2, 0.25) is 0 Å². The van der Waals surface area contributed by atoms with Crippen LogP contribution in [0.1, 0.15) is 17.3 Å². The SMILES string of the molecule is CC=CC(=O)Oc1ccc(C=O)cc1. The average Bonchev–Trinajstić information content (AvgIpc) is 2.19. The van der Waals surface area contributed by atoms with Gasteiger partial charge in [-0.25, -0.2) is 4.79 Å². The predicted octanol–water partition coefficient (Wildman–Crippen LogP) is 1.98. The van der Waals surface area contributed by atoms with Crippen molar-refractivity contribution < 1.29 is 14.3 Å². The van der Waals surface area contributed by atoms with Crippen molar-refractivity contribution in [1.82, 2.24) is 0 Å². The molecule has 0 aliphatic carbocycles. The van der Waals surface area contributed by atoms with Crippen LogP contribution in [0.4, 0.5) is 0 Å². The van der Waals surface area contributed by atoms with Gasteiger partial charge in [-0.05, 0) is 31.2 Å². The zero-order chi connectivity index (χ0) is 10.4. The summed E-state index contributed by atoms with van der Waals surface area (Å²) in [6.45, 7) is 1.73. The first-order valence-electron chi connectivity index (χ1n) is 4.16. The molecular formula is C11H10O3. The zero-order valence-corrected chi connectivity index (χ0v) is 7.77. The van der Waals surface area contributed by atoms with Gasteiger partial charge in [0.1, 0.15) is 12.0 Å². The fourth-order valence-corrected chi connectivity index (χ4v) is 0.901. The largest absolute Gasteiger partial charge is 0.423 e. The van der Waals surface area contributed by atoms with Crippen LogP contribution in [0.25, 0.3) is 0 Å². The molecule has 0 unspecified atom stereocenters. The van der Waals surface area contributed by atoms with Crippen molar-refractivity contribution >= 4 is 12.3 Å². The Morgan fingerprint density at radius 2 is 1.93 bits per heavy atom. The van der Waals surface area contributed by atoms with Crippen LogP contribution < -0.4 is 4.74 Å². The molecule has 0 saturated carbocycles. The minimum atomic E-state index is -0.425. The minimum absolute atomic E-state index is 0.425. The first-order chi connectivity index (χ1) is 6.76. The van der Waals surface area contributed by atoms with Crippen molar-refractivity contribution in [2.45, 2.75) is 6.92 Å². The van der Waals surface area contributed by atoms with E-state index in [1.165, 1.54) is 6.08 Å². The normalized spacial score (nSPS) is 10.1. The molecule has 1 aromatic carbocycles. The predicted molar refractivity (Wildman–Crippen MR) is 52.3 cm³/mol. The maximum Gasteiger partial charge on any atom is 0.335 e. The Hall–Kier alpha value is -1.90. The van der Waals surface area contributed by atoms with E-state index in [0.29, 0.717) is 11.3 Å². The van der Waals surface area contributed by atoms with Crippen LogP contribution in [0.5, 0.6) is 5.75 Å².